The van der Waals surface area contributed by atoms with E-state index in [0.29, 0.717) is 30.0 Å². The minimum absolute atomic E-state index is 0.0680. The summed E-state index contributed by atoms with van der Waals surface area (Å²) in [5, 5.41) is 6.37. The Morgan fingerprint density at radius 1 is 1.09 bits per heavy atom. The number of rotatable bonds is 5. The van der Waals surface area contributed by atoms with Crippen LogP contribution >= 0.6 is 0 Å². The highest BCUT2D eigenvalue weighted by molar-refractivity contribution is 7.82. The third-order valence-electron chi connectivity index (χ3n) is 6.85. The van der Waals surface area contributed by atoms with Crippen LogP contribution in [-0.4, -0.2) is 37.8 Å². The molecule has 2 aliphatic carbocycles. The average molecular weight is 498 g/mol. The summed E-state index contributed by atoms with van der Waals surface area (Å²) in [6, 6.07) is 2.36. The van der Waals surface area contributed by atoms with E-state index in [0.717, 1.165) is 12.5 Å². The molecule has 0 spiro atoms. The van der Waals surface area contributed by atoms with E-state index in [-0.39, 0.29) is 35.4 Å². The number of hydrogen-bond acceptors (Lipinski definition) is 3. The van der Waals surface area contributed by atoms with Crippen molar-refractivity contribution >= 4 is 11.0 Å². The summed E-state index contributed by atoms with van der Waals surface area (Å²) in [6.07, 6.45) is -8.82. The fourth-order valence-electron chi connectivity index (χ4n) is 5.32. The summed E-state index contributed by atoms with van der Waals surface area (Å²) >= 11 is 0. The lowest BCUT2D eigenvalue weighted by atomic mass is 9.72. The van der Waals surface area contributed by atoms with Gasteiger partial charge in [-0.2, -0.15) is 31.4 Å². The highest BCUT2D eigenvalue weighted by Crippen LogP contribution is 2.55. The molecule has 0 amide bonds. The van der Waals surface area contributed by atoms with Crippen molar-refractivity contribution in [3.8, 4) is 0 Å². The van der Waals surface area contributed by atoms with E-state index in [4.69, 9.17) is 0 Å². The first-order chi connectivity index (χ1) is 15.3. The number of nitrogens with one attached hydrogen (secondary N) is 2. The Morgan fingerprint density at radius 3 is 2.39 bits per heavy atom. The molecular weight excluding hydrogens is 477 g/mol. The van der Waals surface area contributed by atoms with Crippen molar-refractivity contribution in [3.05, 3.63) is 41.2 Å². The van der Waals surface area contributed by atoms with Crippen LogP contribution < -0.4 is 4.72 Å². The van der Waals surface area contributed by atoms with E-state index in [9.17, 15) is 34.9 Å². The molecule has 1 aromatic heterocycles. The average Bonchev–Trinajstić information content (AvgIpc) is 3.41. The van der Waals surface area contributed by atoms with E-state index in [1.807, 2.05) is 6.92 Å². The molecule has 0 bridgehead atoms. The number of hydrogen-bond donors (Lipinski definition) is 2. The SMILES string of the molecule is CC(NS(=O)c1ncn[nH]1)[C@@H]1CCC2c3ccc(C(F)(C(F)(F)F)C(F)(F)F)cc3CCC21. The van der Waals surface area contributed by atoms with Crippen molar-refractivity contribution in [2.75, 3.05) is 0 Å². The minimum atomic E-state index is -6.13. The lowest BCUT2D eigenvalue weighted by molar-refractivity contribution is -0.348. The molecule has 5 nitrogen and oxygen atoms in total. The molecule has 33 heavy (non-hydrogen) atoms. The fourth-order valence-corrected chi connectivity index (χ4v) is 6.23. The van der Waals surface area contributed by atoms with E-state index in [1.165, 1.54) is 12.4 Å². The zero-order valence-corrected chi connectivity index (χ0v) is 18.1. The minimum Gasteiger partial charge on any atom is -0.251 e. The number of halogens is 7. The third kappa shape index (κ3) is 4.07. The molecule has 0 aliphatic heterocycles. The van der Waals surface area contributed by atoms with Crippen LogP contribution in [0.3, 0.4) is 0 Å². The Hall–Kier alpha value is -2.02. The first-order valence-electron chi connectivity index (χ1n) is 10.3. The van der Waals surface area contributed by atoms with E-state index >= 15 is 0 Å². The second-order valence-electron chi connectivity index (χ2n) is 8.58. The predicted octanol–water partition coefficient (Wildman–Crippen LogP) is 4.85. The van der Waals surface area contributed by atoms with Crippen LogP contribution in [0.2, 0.25) is 0 Å². The van der Waals surface area contributed by atoms with Crippen LogP contribution in [0.1, 0.15) is 48.8 Å². The van der Waals surface area contributed by atoms with Gasteiger partial charge in [-0.25, -0.2) is 18.3 Å². The summed E-state index contributed by atoms with van der Waals surface area (Å²) in [4.78, 5) is 3.85. The Balaban J connectivity index is 1.56. The molecule has 0 radical (unpaired) electrons. The van der Waals surface area contributed by atoms with Crippen molar-refractivity contribution in [2.45, 2.75) is 67.7 Å². The number of aromatic nitrogens is 3. The van der Waals surface area contributed by atoms with Crippen LogP contribution in [0.15, 0.2) is 29.7 Å². The lowest BCUT2D eigenvalue weighted by Gasteiger charge is -2.35. The molecule has 13 heteroatoms. The van der Waals surface area contributed by atoms with Gasteiger partial charge in [-0.1, -0.05) is 18.2 Å². The zero-order valence-electron chi connectivity index (χ0n) is 17.3. The van der Waals surface area contributed by atoms with Gasteiger partial charge in [0, 0.05) is 11.6 Å². The van der Waals surface area contributed by atoms with E-state index in [2.05, 4.69) is 19.9 Å². The van der Waals surface area contributed by atoms with Gasteiger partial charge in [-0.05, 0) is 61.5 Å². The maximum Gasteiger partial charge on any atom is 0.435 e. The Labute approximate surface area is 187 Å². The van der Waals surface area contributed by atoms with Gasteiger partial charge in [0.2, 0.25) is 5.16 Å². The van der Waals surface area contributed by atoms with Gasteiger partial charge in [-0.15, -0.1) is 0 Å². The Morgan fingerprint density at radius 2 is 1.79 bits per heavy atom. The number of benzene rings is 1. The summed E-state index contributed by atoms with van der Waals surface area (Å²) in [5.41, 5.74) is -5.89. The molecule has 1 fully saturated rings. The first-order valence-corrected chi connectivity index (χ1v) is 11.5. The van der Waals surface area contributed by atoms with Crippen LogP contribution in [-0.2, 0) is 23.1 Å². The van der Waals surface area contributed by atoms with Crippen molar-refractivity contribution < 1.29 is 34.9 Å². The Bertz CT molecular complexity index is 1010. The molecule has 0 saturated heterocycles. The smallest absolute Gasteiger partial charge is 0.251 e. The standard InChI is InChI=1S/C20H21F7N4OS/c1-10(31-33(32)17-28-9-29-30-17)13-6-7-16-14-5-3-12(8-11(14)2-4-15(13)16)18(21,19(22,23)24)20(25,26)27/h3,5,8-10,13,15-16,31H,2,4,6-7H2,1H3,(H,28,29,30)/t10?,13-,15?,16?,33?/m0/s1. The maximum absolute atomic E-state index is 14.5. The molecule has 2 aromatic rings. The van der Waals surface area contributed by atoms with Crippen molar-refractivity contribution in [1.29, 1.82) is 0 Å². The number of fused-ring (bicyclic) bond motifs is 3. The quantitative estimate of drug-likeness (QED) is 0.579. The van der Waals surface area contributed by atoms with E-state index < -0.39 is 34.6 Å². The van der Waals surface area contributed by atoms with Crippen LogP contribution in [0.4, 0.5) is 30.7 Å². The number of H-pyrrole nitrogens is 1. The molecule has 182 valence electrons. The molecule has 5 atom stereocenters. The van der Waals surface area contributed by atoms with Crippen molar-refractivity contribution in [3.63, 3.8) is 0 Å². The van der Waals surface area contributed by atoms with Crippen LogP contribution in [0.25, 0.3) is 0 Å². The van der Waals surface area contributed by atoms with Gasteiger partial charge in [0.05, 0.1) is 0 Å². The van der Waals surface area contributed by atoms with E-state index in [1.54, 1.807) is 0 Å². The van der Waals surface area contributed by atoms with Gasteiger partial charge >= 0.3 is 18.0 Å². The molecular formula is C20H21F7N4OS. The van der Waals surface area contributed by atoms with Crippen LogP contribution in [0.5, 0.6) is 0 Å². The number of aryl methyl sites for hydroxylation is 1. The fraction of sp³-hybridized carbons (Fsp3) is 0.600. The molecule has 2 aliphatic rings. The third-order valence-corrected chi connectivity index (χ3v) is 7.98. The van der Waals surface area contributed by atoms with Crippen molar-refractivity contribution in [2.24, 2.45) is 11.8 Å². The maximum atomic E-state index is 14.5. The summed E-state index contributed by atoms with van der Waals surface area (Å²) in [6.45, 7) is 1.88. The monoisotopic (exact) mass is 498 g/mol. The molecule has 1 heterocycles. The number of nitrogens with zero attached hydrogens (tertiary/aromatic N) is 2. The topological polar surface area (TPSA) is 70.7 Å². The predicted molar refractivity (Wildman–Crippen MR) is 104 cm³/mol. The van der Waals surface area contributed by atoms with Gasteiger partial charge in [-0.3, -0.25) is 5.10 Å². The second-order valence-corrected chi connectivity index (χ2v) is 9.74. The zero-order chi connectivity index (χ0) is 24.2. The summed E-state index contributed by atoms with van der Waals surface area (Å²) < 4.78 is 109. The highest BCUT2D eigenvalue weighted by Gasteiger charge is 2.73. The highest BCUT2D eigenvalue weighted by atomic mass is 32.2. The summed E-state index contributed by atoms with van der Waals surface area (Å²) in [7, 11) is -1.60. The number of aromatic amines is 1. The second kappa shape index (κ2) is 8.33. The van der Waals surface area contributed by atoms with Gasteiger partial charge in [0.1, 0.15) is 6.33 Å². The molecule has 4 unspecified atom stereocenters. The molecule has 1 saturated carbocycles. The molecule has 4 rings (SSSR count). The normalized spacial score (nSPS) is 25.4. The Kier molecular flexibility index (Phi) is 6.09. The molecule has 1 aromatic carbocycles. The van der Waals surface area contributed by atoms with Crippen LogP contribution in [0, 0.1) is 11.8 Å². The summed E-state index contributed by atoms with van der Waals surface area (Å²) in [5.74, 6) is 0.139. The largest absolute Gasteiger partial charge is 0.435 e. The van der Waals surface area contributed by atoms with Gasteiger partial charge in [0.15, 0.2) is 11.0 Å². The van der Waals surface area contributed by atoms with Gasteiger partial charge < -0.3 is 0 Å². The number of alkyl halides is 7. The molecule has 2 N–H and O–H groups in total. The lowest BCUT2D eigenvalue weighted by Crippen LogP contribution is -2.50. The van der Waals surface area contributed by atoms with Gasteiger partial charge in [0.25, 0.3) is 0 Å². The first kappa shape index (κ1) is 24.1. The van der Waals surface area contributed by atoms with Crippen molar-refractivity contribution in [1.82, 2.24) is 19.9 Å².